The molecule has 0 atom stereocenters. The van der Waals surface area contributed by atoms with Crippen molar-refractivity contribution in [2.24, 2.45) is 0 Å². The largest absolute Gasteiger partial charge is 0.462 e. The Morgan fingerprint density at radius 1 is 0.375 bits per heavy atom. The van der Waals surface area contributed by atoms with Crippen molar-refractivity contribution in [3.63, 3.8) is 0 Å². The van der Waals surface area contributed by atoms with E-state index in [-0.39, 0.29) is 70.9 Å². The maximum Gasteiger partial charge on any atom is 0.345 e. The van der Waals surface area contributed by atoms with Crippen LogP contribution < -0.4 is 31.4 Å². The molecule has 9 aromatic rings. The highest BCUT2D eigenvalue weighted by molar-refractivity contribution is 6.42. The Hall–Kier alpha value is -10.2. The van der Waals surface area contributed by atoms with Crippen molar-refractivity contribution in [3.8, 4) is 0 Å². The van der Waals surface area contributed by atoms with E-state index in [0.29, 0.717) is 147 Å². The number of halogens is 4. The number of benzene rings is 6. The van der Waals surface area contributed by atoms with Crippen LogP contribution in [0.25, 0.3) is 32.7 Å². The number of aryl methyl sites for hydroxylation is 3. The molecule has 0 N–H and O–H groups in total. The molecule has 3 saturated heterocycles. The number of nitrogens with zero attached hydrogens (tertiary/aromatic N) is 12. The minimum atomic E-state index is -0.639. The van der Waals surface area contributed by atoms with E-state index in [1.807, 2.05) is 130 Å². The first kappa shape index (κ1) is 84.3. The molecular formula is C84H98Cl3FN12O12. The lowest BCUT2D eigenvalue weighted by Crippen LogP contribution is -2.49. The monoisotopic (exact) mass is 1590 g/mol. The molecular weight excluding hydrogens is 1490 g/mol. The summed E-state index contributed by atoms with van der Waals surface area (Å²) in [5.74, 6) is -2.66. The summed E-state index contributed by atoms with van der Waals surface area (Å²) in [6.45, 7) is 14.9. The van der Waals surface area contributed by atoms with Gasteiger partial charge in [-0.15, -0.1) is 0 Å². The summed E-state index contributed by atoms with van der Waals surface area (Å²) in [6.07, 6.45) is 2.28. The van der Waals surface area contributed by atoms with Crippen LogP contribution in [0.5, 0.6) is 0 Å². The number of aromatic nitrogens is 3. The number of fused-ring (bicyclic) bond motifs is 3. The number of carbonyl (C=O) groups is 6. The van der Waals surface area contributed by atoms with Crippen LogP contribution in [0, 0.1) is 5.82 Å². The lowest BCUT2D eigenvalue weighted by Gasteiger charge is -2.37. The number of esters is 3. The van der Waals surface area contributed by atoms with Gasteiger partial charge in [-0.05, 0) is 187 Å². The number of ether oxygens (including phenoxy) is 3. The molecule has 24 nitrogen and oxygen atoms in total. The first-order valence-electron chi connectivity index (χ1n) is 37.9. The van der Waals surface area contributed by atoms with Crippen molar-refractivity contribution in [1.82, 2.24) is 43.1 Å². The van der Waals surface area contributed by atoms with Crippen LogP contribution in [0.2, 0.25) is 15.1 Å². The molecule has 3 fully saturated rings. The number of rotatable bonds is 24. The number of anilines is 3. The molecule has 594 valence electrons. The highest BCUT2D eigenvalue weighted by atomic mass is 35.5. The van der Waals surface area contributed by atoms with Crippen LogP contribution in [0.1, 0.15) is 102 Å². The summed E-state index contributed by atoms with van der Waals surface area (Å²) in [4.78, 5) is 137. The average Bonchev–Trinajstić information content (AvgIpc) is 0.758. The Kier molecular flexibility index (Phi) is 29.6. The molecule has 6 heterocycles. The van der Waals surface area contributed by atoms with Crippen molar-refractivity contribution in [3.05, 3.63) is 225 Å². The maximum absolute atomic E-state index is 13.8. The molecule has 12 rings (SSSR count). The van der Waals surface area contributed by atoms with Gasteiger partial charge in [-0.1, -0.05) is 89.4 Å². The predicted molar refractivity (Wildman–Crippen MR) is 441 cm³/mol. The van der Waals surface area contributed by atoms with E-state index in [1.165, 1.54) is 24.3 Å². The molecule has 3 aliphatic rings. The molecule has 28 heteroatoms. The van der Waals surface area contributed by atoms with Gasteiger partial charge in [-0.3, -0.25) is 28.8 Å². The van der Waals surface area contributed by atoms with Gasteiger partial charge in [0.1, 0.15) is 22.5 Å². The SMILES string of the molecule is CCOC(=O)c1c(N2CCN(C(=O)c3ccc(Cl)c(Cl)c3)CC2)c2ccccc2n(CCCN(C)C)c1=O.CCOC(=O)c1c(N2CCN(C(=O)c3ccc(Cl)cc3)CC2)c2ccccc2n(CCCN(C)C)c1=O.CCOC(=O)c1c(N2CCN(C(=O)c3ccc(F)cc3)CC2)c2ccccc2n(CCCN(C)C)c1=O. The van der Waals surface area contributed by atoms with E-state index < -0.39 is 23.7 Å². The summed E-state index contributed by atoms with van der Waals surface area (Å²) in [5.41, 5.74) is 4.56. The van der Waals surface area contributed by atoms with E-state index in [4.69, 9.17) is 49.0 Å². The second-order valence-electron chi connectivity index (χ2n) is 28.2. The lowest BCUT2D eigenvalue weighted by atomic mass is 10.1. The Morgan fingerprint density at radius 2 is 0.661 bits per heavy atom. The number of para-hydroxylation sites is 3. The maximum atomic E-state index is 13.8. The van der Waals surface area contributed by atoms with Gasteiger partial charge in [-0.2, -0.15) is 0 Å². The Morgan fingerprint density at radius 3 is 0.955 bits per heavy atom. The van der Waals surface area contributed by atoms with Gasteiger partial charge in [0.05, 0.1) is 63.5 Å². The molecule has 3 aromatic heterocycles. The fourth-order valence-electron chi connectivity index (χ4n) is 14.4. The molecule has 0 spiro atoms. The third-order valence-electron chi connectivity index (χ3n) is 19.8. The van der Waals surface area contributed by atoms with E-state index in [2.05, 4.69) is 14.7 Å². The van der Waals surface area contributed by atoms with Crippen molar-refractivity contribution < 1.29 is 47.4 Å². The molecule has 112 heavy (non-hydrogen) atoms. The van der Waals surface area contributed by atoms with Crippen LogP contribution in [0.3, 0.4) is 0 Å². The molecule has 0 unspecified atom stereocenters. The van der Waals surface area contributed by atoms with Crippen molar-refractivity contribution in [2.45, 2.75) is 59.7 Å². The van der Waals surface area contributed by atoms with Crippen molar-refractivity contribution >= 4 is 120 Å². The van der Waals surface area contributed by atoms with E-state index in [1.54, 1.807) is 91.6 Å². The summed E-state index contributed by atoms with van der Waals surface area (Å²) in [7, 11) is 11.9. The zero-order valence-corrected chi connectivity index (χ0v) is 67.3. The molecule has 0 bridgehead atoms. The zero-order chi connectivity index (χ0) is 80.4. The van der Waals surface area contributed by atoms with E-state index >= 15 is 0 Å². The molecule has 3 amide bonds. The van der Waals surface area contributed by atoms with Crippen molar-refractivity contribution in [1.29, 1.82) is 0 Å². The standard InChI is InChI=1S/C28H32Cl2N4O4.C28H33ClN4O4.C28H33FN4O4/c1-4-38-28(37)24-25(20-8-5-6-9-23(20)34(27(24)36)13-7-12-31(2)3)32-14-16-33(17-15-32)26(35)19-10-11-21(29)22(30)18-19;2*1-4-37-28(36)24-25(22-8-5-6-9-23(22)33(27(24)35)15-7-14-30(2)3)31-16-18-32(19-17-31)26(34)20-10-12-21(29)13-11-20/h5-6,8-11,18H,4,7,12-17H2,1-3H3;2*5-6,8-13H,4,7,14-19H2,1-3H3. The van der Waals surface area contributed by atoms with Gasteiger partial charge in [-0.25, -0.2) is 18.8 Å². The summed E-state index contributed by atoms with van der Waals surface area (Å²) < 4.78 is 34.4. The topological polar surface area (TPSA) is 225 Å². The van der Waals surface area contributed by atoms with Gasteiger partial charge in [0.25, 0.3) is 34.4 Å². The van der Waals surface area contributed by atoms with E-state index in [9.17, 15) is 47.5 Å². The fourth-order valence-corrected chi connectivity index (χ4v) is 14.8. The Bertz CT molecular complexity index is 4840. The number of pyridine rings is 3. The van der Waals surface area contributed by atoms with Gasteiger partial charge < -0.3 is 72.0 Å². The van der Waals surface area contributed by atoms with Crippen molar-refractivity contribution in [2.75, 3.05) is 175 Å². The summed E-state index contributed by atoms with van der Waals surface area (Å²) in [5, 5.41) is 3.73. The predicted octanol–water partition coefficient (Wildman–Crippen LogP) is 11.4. The van der Waals surface area contributed by atoms with Crippen LogP contribution in [0.4, 0.5) is 21.5 Å². The van der Waals surface area contributed by atoms with Crippen LogP contribution in [-0.4, -0.2) is 239 Å². The van der Waals surface area contributed by atoms with Gasteiger partial charge in [0.15, 0.2) is 0 Å². The zero-order valence-electron chi connectivity index (χ0n) is 65.0. The highest BCUT2D eigenvalue weighted by Gasteiger charge is 2.35. The smallest absolute Gasteiger partial charge is 0.345 e. The minimum Gasteiger partial charge on any atom is -0.462 e. The molecule has 6 aromatic carbocycles. The molecule has 0 aliphatic carbocycles. The third-order valence-corrected chi connectivity index (χ3v) is 20.8. The van der Waals surface area contributed by atoms with Crippen LogP contribution >= 0.6 is 34.8 Å². The Labute approximate surface area is 666 Å². The summed E-state index contributed by atoms with van der Waals surface area (Å²) >= 11 is 18.1. The second kappa shape index (κ2) is 39.4. The number of hydrogen-bond donors (Lipinski definition) is 0. The number of hydrogen-bond acceptors (Lipinski definition) is 18. The quantitative estimate of drug-likeness (QED) is 0.0405. The number of carbonyl (C=O) groups excluding carboxylic acids is 6. The van der Waals surface area contributed by atoms with Crippen LogP contribution in [-0.2, 0) is 33.8 Å². The van der Waals surface area contributed by atoms with E-state index in [0.717, 1.165) is 71.6 Å². The van der Waals surface area contributed by atoms with Gasteiger partial charge in [0.2, 0.25) is 0 Å². The third kappa shape index (κ3) is 20.0. The Balaban J connectivity index is 0.000000178. The first-order chi connectivity index (χ1) is 53.8. The minimum absolute atomic E-state index is 0.0312. The van der Waals surface area contributed by atoms with Crippen LogP contribution in [0.15, 0.2) is 154 Å². The fraction of sp³-hybridized carbons (Fsp3) is 0.393. The molecule has 3 aliphatic heterocycles. The number of amides is 3. The summed E-state index contributed by atoms with van der Waals surface area (Å²) in [6, 6.07) is 40.1. The van der Waals surface area contributed by atoms with Gasteiger partial charge in [0, 0.05) is 136 Å². The lowest BCUT2D eigenvalue weighted by molar-refractivity contribution is 0.0514. The second-order valence-corrected chi connectivity index (χ2v) is 29.5. The van der Waals surface area contributed by atoms with Gasteiger partial charge >= 0.3 is 17.9 Å². The average molecular weight is 1590 g/mol. The molecule has 0 saturated carbocycles. The number of piperazine rings is 3. The normalized spacial score (nSPS) is 13.9. The molecule has 0 radical (unpaired) electrons. The first-order valence-corrected chi connectivity index (χ1v) is 39.0. The highest BCUT2D eigenvalue weighted by Crippen LogP contribution is 2.35.